The fourth-order valence-electron chi connectivity index (χ4n) is 1.62. The lowest BCUT2D eigenvalue weighted by Gasteiger charge is -2.12. The fraction of sp³-hybridized carbons (Fsp3) is 0.222. The van der Waals surface area contributed by atoms with Crippen molar-refractivity contribution in [2.24, 2.45) is 0 Å². The first-order valence-corrected chi connectivity index (χ1v) is 5.49. The maximum Gasteiger partial charge on any atom is 0.315 e. The van der Waals surface area contributed by atoms with E-state index in [-0.39, 0.29) is 28.5 Å². The molecule has 1 aromatic rings. The van der Waals surface area contributed by atoms with Gasteiger partial charge >= 0.3 is 6.03 Å². The quantitative estimate of drug-likeness (QED) is 0.567. The average molecular weight is 302 g/mol. The Bertz CT molecular complexity index is 505. The molecule has 2 amide bonds. The van der Waals surface area contributed by atoms with E-state index in [4.69, 9.17) is 0 Å². The van der Waals surface area contributed by atoms with E-state index in [9.17, 15) is 20.0 Å². The molecule has 1 fully saturated rings. The number of nitro benzene ring substituents is 1. The number of urea groups is 1. The number of carbonyl (C=O) groups excluding carboxylic acids is 1. The number of benzene rings is 1. The second-order valence-corrected chi connectivity index (χ2v) is 4.38. The van der Waals surface area contributed by atoms with Gasteiger partial charge in [-0.2, -0.15) is 0 Å². The highest BCUT2D eigenvalue weighted by Crippen LogP contribution is 2.36. The van der Waals surface area contributed by atoms with Crippen LogP contribution in [0.5, 0.6) is 5.75 Å². The molecule has 0 spiro atoms. The Labute approximate surface area is 104 Å². The van der Waals surface area contributed by atoms with Crippen LogP contribution in [-0.4, -0.2) is 22.6 Å². The van der Waals surface area contributed by atoms with E-state index in [2.05, 4.69) is 26.6 Å². The van der Waals surface area contributed by atoms with E-state index >= 15 is 0 Å². The summed E-state index contributed by atoms with van der Waals surface area (Å²) >= 11 is 3.04. The molecule has 0 aromatic heterocycles. The highest BCUT2D eigenvalue weighted by molar-refractivity contribution is 9.10. The summed E-state index contributed by atoms with van der Waals surface area (Å²) in [5.41, 5.74) is 0.162. The Hall–Kier alpha value is -1.83. The van der Waals surface area contributed by atoms with Gasteiger partial charge in [0, 0.05) is 24.2 Å². The van der Waals surface area contributed by atoms with Crippen molar-refractivity contribution in [3.63, 3.8) is 0 Å². The van der Waals surface area contributed by atoms with Crippen LogP contribution in [0.4, 0.5) is 10.5 Å². The van der Waals surface area contributed by atoms with Crippen molar-refractivity contribution in [1.82, 2.24) is 10.6 Å². The normalized spacial score (nSPS) is 18.6. The number of aromatic hydroxyl groups is 1. The van der Waals surface area contributed by atoms with E-state index in [0.717, 1.165) is 0 Å². The molecule has 3 N–H and O–H groups in total. The topological polar surface area (TPSA) is 104 Å². The summed E-state index contributed by atoms with van der Waals surface area (Å²) in [5, 5.41) is 25.6. The molecule has 7 nitrogen and oxygen atoms in total. The lowest BCUT2D eigenvalue weighted by atomic mass is 10.1. The van der Waals surface area contributed by atoms with Gasteiger partial charge in [-0.15, -0.1) is 0 Å². The highest BCUT2D eigenvalue weighted by Gasteiger charge is 2.27. The van der Waals surface area contributed by atoms with Crippen molar-refractivity contribution >= 4 is 27.6 Å². The molecule has 2 rings (SSSR count). The first-order valence-electron chi connectivity index (χ1n) is 4.70. The fourth-order valence-corrected chi connectivity index (χ4v) is 2.08. The molecule has 1 heterocycles. The van der Waals surface area contributed by atoms with Gasteiger partial charge in [-0.25, -0.2) is 4.79 Å². The Morgan fingerprint density at radius 3 is 2.76 bits per heavy atom. The number of non-ortho nitro benzene ring substituents is 1. The number of rotatable bonds is 2. The lowest BCUT2D eigenvalue weighted by molar-refractivity contribution is -0.385. The van der Waals surface area contributed by atoms with Crippen LogP contribution in [0.15, 0.2) is 16.6 Å². The first kappa shape index (κ1) is 11.6. The zero-order valence-corrected chi connectivity index (χ0v) is 10.0. The molecule has 0 aliphatic carbocycles. The molecular weight excluding hydrogens is 294 g/mol. The van der Waals surface area contributed by atoms with Gasteiger partial charge in [0.05, 0.1) is 15.4 Å². The van der Waals surface area contributed by atoms with Crippen molar-refractivity contribution in [1.29, 1.82) is 0 Å². The molecule has 0 saturated carbocycles. The maximum atomic E-state index is 11.0. The molecule has 1 aliphatic rings. The van der Waals surface area contributed by atoms with Crippen molar-refractivity contribution in [3.05, 3.63) is 32.3 Å². The molecule has 0 bridgehead atoms. The van der Waals surface area contributed by atoms with E-state index in [1.807, 2.05) is 0 Å². The second-order valence-electron chi connectivity index (χ2n) is 3.53. The van der Waals surface area contributed by atoms with Crippen LogP contribution in [0.1, 0.15) is 11.6 Å². The molecule has 1 aliphatic heterocycles. The molecule has 1 atom stereocenters. The zero-order valence-electron chi connectivity index (χ0n) is 8.44. The van der Waals surface area contributed by atoms with Gasteiger partial charge in [0.1, 0.15) is 5.75 Å². The van der Waals surface area contributed by atoms with Crippen LogP contribution < -0.4 is 10.6 Å². The predicted molar refractivity (Wildman–Crippen MR) is 61.7 cm³/mol. The maximum absolute atomic E-state index is 11.0. The van der Waals surface area contributed by atoms with Gasteiger partial charge in [0.25, 0.3) is 5.69 Å². The van der Waals surface area contributed by atoms with Gasteiger partial charge in [-0.1, -0.05) is 0 Å². The van der Waals surface area contributed by atoms with Gasteiger partial charge in [-0.3, -0.25) is 10.1 Å². The third-order valence-corrected chi connectivity index (χ3v) is 3.04. The number of hydrogen-bond donors (Lipinski definition) is 3. The number of carbonyl (C=O) groups is 1. The number of amides is 2. The number of phenolic OH excluding ortho intramolecular Hbond substituents is 1. The standard InChI is InChI=1S/C9H8BrN3O4/c10-6-2-4(13(16)17)1-5(8(6)14)7-3-11-9(15)12-7/h1-2,7,14H,3H2,(H2,11,12,15)/t7-/m1/s1. The minimum absolute atomic E-state index is 0.107. The summed E-state index contributed by atoms with van der Waals surface area (Å²) in [7, 11) is 0. The molecule has 8 heteroatoms. The minimum Gasteiger partial charge on any atom is -0.506 e. The zero-order chi connectivity index (χ0) is 12.6. The van der Waals surface area contributed by atoms with Gasteiger partial charge in [0.15, 0.2) is 0 Å². The van der Waals surface area contributed by atoms with E-state index in [1.165, 1.54) is 12.1 Å². The SMILES string of the molecule is O=C1NC[C@H](c2cc([N+](=O)[O-])cc(Br)c2O)N1. The molecule has 0 radical (unpaired) electrons. The second kappa shape index (κ2) is 4.21. The van der Waals surface area contributed by atoms with Gasteiger partial charge < -0.3 is 15.7 Å². The van der Waals surface area contributed by atoms with Gasteiger partial charge in [0.2, 0.25) is 0 Å². The number of phenols is 1. The third-order valence-electron chi connectivity index (χ3n) is 2.44. The van der Waals surface area contributed by atoms with Crippen LogP contribution in [0.3, 0.4) is 0 Å². The minimum atomic E-state index is -0.558. The Morgan fingerprint density at radius 1 is 1.53 bits per heavy atom. The summed E-state index contributed by atoms with van der Waals surface area (Å²) in [4.78, 5) is 21.1. The molecule has 1 saturated heterocycles. The largest absolute Gasteiger partial charge is 0.506 e. The summed E-state index contributed by atoms with van der Waals surface area (Å²) in [6.45, 7) is 0.278. The number of halogens is 1. The average Bonchev–Trinajstić information content (AvgIpc) is 2.68. The van der Waals surface area contributed by atoms with E-state index in [1.54, 1.807) is 0 Å². The summed E-state index contributed by atoms with van der Waals surface area (Å²) < 4.78 is 0.225. The van der Waals surface area contributed by atoms with Crippen LogP contribution in [0, 0.1) is 10.1 Å². The Kier molecular flexibility index (Phi) is 2.88. The highest BCUT2D eigenvalue weighted by atomic mass is 79.9. The monoisotopic (exact) mass is 301 g/mol. The lowest BCUT2D eigenvalue weighted by Crippen LogP contribution is -2.21. The molecule has 17 heavy (non-hydrogen) atoms. The molecule has 0 unspecified atom stereocenters. The summed E-state index contributed by atoms with van der Waals surface area (Å²) in [6, 6.07) is 1.62. The van der Waals surface area contributed by atoms with Crippen LogP contribution in [-0.2, 0) is 0 Å². The van der Waals surface area contributed by atoms with E-state index < -0.39 is 11.0 Å². The van der Waals surface area contributed by atoms with Crippen LogP contribution in [0.2, 0.25) is 0 Å². The van der Waals surface area contributed by atoms with Crippen molar-refractivity contribution < 1.29 is 14.8 Å². The first-order chi connectivity index (χ1) is 7.99. The van der Waals surface area contributed by atoms with Crippen LogP contribution in [0.25, 0.3) is 0 Å². The summed E-state index contributed by atoms with van der Waals surface area (Å²) in [5.74, 6) is -0.107. The number of nitro groups is 1. The Morgan fingerprint density at radius 2 is 2.24 bits per heavy atom. The van der Waals surface area contributed by atoms with Crippen molar-refractivity contribution in [3.8, 4) is 5.75 Å². The third kappa shape index (κ3) is 2.16. The van der Waals surface area contributed by atoms with Gasteiger partial charge in [-0.05, 0) is 15.9 Å². The smallest absolute Gasteiger partial charge is 0.315 e. The number of nitrogens with zero attached hydrogens (tertiary/aromatic N) is 1. The molecule has 1 aromatic carbocycles. The van der Waals surface area contributed by atoms with Crippen LogP contribution >= 0.6 is 15.9 Å². The molecule has 90 valence electrons. The molecular formula is C9H8BrN3O4. The van der Waals surface area contributed by atoms with Crippen molar-refractivity contribution in [2.45, 2.75) is 6.04 Å². The summed E-state index contributed by atoms with van der Waals surface area (Å²) in [6.07, 6.45) is 0. The predicted octanol–water partition coefficient (Wildman–Crippen LogP) is 1.42. The van der Waals surface area contributed by atoms with Crippen molar-refractivity contribution in [2.75, 3.05) is 6.54 Å². The number of hydrogen-bond acceptors (Lipinski definition) is 4. The van der Waals surface area contributed by atoms with E-state index in [0.29, 0.717) is 5.56 Å². The Balaban J connectivity index is 2.45. The number of nitrogens with one attached hydrogen (secondary N) is 2.